The van der Waals surface area contributed by atoms with Gasteiger partial charge < -0.3 is 13.7 Å². The fraction of sp³-hybridized carbons (Fsp3) is 0.294. The lowest BCUT2D eigenvalue weighted by Gasteiger charge is -2.23. The molecule has 0 aromatic carbocycles. The van der Waals surface area contributed by atoms with Crippen LogP contribution < -0.4 is 0 Å². The summed E-state index contributed by atoms with van der Waals surface area (Å²) in [5, 5.41) is 6.92. The summed E-state index contributed by atoms with van der Waals surface area (Å²) < 4.78 is 10.6. The number of carbonyl (C=O) groups excluding carboxylic acids is 1. The van der Waals surface area contributed by atoms with Crippen LogP contribution >= 0.6 is 0 Å². The third kappa shape index (κ3) is 3.36. The summed E-state index contributed by atoms with van der Waals surface area (Å²) in [5.74, 6) is 1.47. The molecule has 23 heavy (non-hydrogen) atoms. The standard InChI is InChI=1S/C17H19N3O3/c1-12(7-8-13-5-3-9-22-13)20(2)17(21)15-11-14(18-19-15)16-6-4-10-23-16/h3-6,9-12H,7-8H2,1-2H3,(H,18,19). The number of amides is 1. The highest BCUT2D eigenvalue weighted by atomic mass is 16.3. The highest BCUT2D eigenvalue weighted by Gasteiger charge is 2.21. The van der Waals surface area contributed by atoms with Crippen molar-refractivity contribution in [3.63, 3.8) is 0 Å². The molecule has 0 radical (unpaired) electrons. The predicted octanol–water partition coefficient (Wildman–Crippen LogP) is 3.36. The monoisotopic (exact) mass is 313 g/mol. The van der Waals surface area contributed by atoms with Gasteiger partial charge in [-0.25, -0.2) is 0 Å². The number of aromatic amines is 1. The highest BCUT2D eigenvalue weighted by molar-refractivity contribution is 5.93. The first-order chi connectivity index (χ1) is 11.1. The van der Waals surface area contributed by atoms with Crippen molar-refractivity contribution in [1.29, 1.82) is 0 Å². The molecular weight excluding hydrogens is 294 g/mol. The lowest BCUT2D eigenvalue weighted by atomic mass is 10.1. The van der Waals surface area contributed by atoms with Crippen molar-refractivity contribution in [2.75, 3.05) is 7.05 Å². The van der Waals surface area contributed by atoms with Gasteiger partial charge in [0, 0.05) is 25.6 Å². The molecule has 6 heteroatoms. The molecule has 0 aliphatic heterocycles. The Balaban J connectivity index is 1.62. The number of aromatic nitrogens is 2. The average Bonchev–Trinajstić information content (AvgIpc) is 3.32. The zero-order valence-electron chi connectivity index (χ0n) is 13.2. The van der Waals surface area contributed by atoms with Crippen molar-refractivity contribution in [1.82, 2.24) is 15.1 Å². The van der Waals surface area contributed by atoms with Crippen LogP contribution in [0.25, 0.3) is 11.5 Å². The van der Waals surface area contributed by atoms with Gasteiger partial charge in [0.05, 0.1) is 12.5 Å². The smallest absolute Gasteiger partial charge is 0.274 e. The molecule has 0 aliphatic rings. The van der Waals surface area contributed by atoms with Crippen LogP contribution in [0, 0.1) is 0 Å². The van der Waals surface area contributed by atoms with Gasteiger partial charge in [-0.15, -0.1) is 0 Å². The Labute approximate surface area is 134 Å². The molecule has 120 valence electrons. The summed E-state index contributed by atoms with van der Waals surface area (Å²) in [6.45, 7) is 2.01. The van der Waals surface area contributed by atoms with Crippen molar-refractivity contribution >= 4 is 5.91 Å². The predicted molar refractivity (Wildman–Crippen MR) is 84.9 cm³/mol. The first-order valence-electron chi connectivity index (χ1n) is 7.54. The van der Waals surface area contributed by atoms with Crippen LogP contribution in [0.15, 0.2) is 51.7 Å². The second kappa shape index (κ2) is 6.56. The molecule has 0 aliphatic carbocycles. The van der Waals surface area contributed by atoms with E-state index in [9.17, 15) is 4.79 Å². The lowest BCUT2D eigenvalue weighted by molar-refractivity contribution is 0.0730. The molecule has 1 amide bonds. The minimum absolute atomic E-state index is 0.0800. The summed E-state index contributed by atoms with van der Waals surface area (Å²) in [7, 11) is 1.79. The van der Waals surface area contributed by atoms with Crippen molar-refractivity contribution in [3.05, 3.63) is 54.3 Å². The average molecular weight is 313 g/mol. The van der Waals surface area contributed by atoms with Crippen LogP contribution in [-0.2, 0) is 6.42 Å². The van der Waals surface area contributed by atoms with E-state index in [1.165, 1.54) is 0 Å². The van der Waals surface area contributed by atoms with Crippen molar-refractivity contribution in [2.45, 2.75) is 25.8 Å². The molecule has 0 bridgehead atoms. The van der Waals surface area contributed by atoms with E-state index in [1.807, 2.05) is 25.1 Å². The molecule has 6 nitrogen and oxygen atoms in total. The number of rotatable bonds is 6. The zero-order valence-corrected chi connectivity index (χ0v) is 13.2. The number of carbonyl (C=O) groups is 1. The Morgan fingerprint density at radius 2 is 2.09 bits per heavy atom. The SMILES string of the molecule is CC(CCc1ccco1)N(C)C(=O)c1cc(-c2ccco2)[nH]n1. The van der Waals surface area contributed by atoms with Gasteiger partial charge in [-0.1, -0.05) is 0 Å². The normalized spacial score (nSPS) is 12.3. The maximum absolute atomic E-state index is 12.5. The second-order valence-corrected chi connectivity index (χ2v) is 5.53. The Bertz CT molecular complexity index is 744. The van der Waals surface area contributed by atoms with E-state index in [-0.39, 0.29) is 11.9 Å². The summed E-state index contributed by atoms with van der Waals surface area (Å²) >= 11 is 0. The molecule has 3 aromatic rings. The number of H-pyrrole nitrogens is 1. The molecule has 1 N–H and O–H groups in total. The van der Waals surface area contributed by atoms with Gasteiger partial charge >= 0.3 is 0 Å². The van der Waals surface area contributed by atoms with E-state index in [0.29, 0.717) is 17.1 Å². The van der Waals surface area contributed by atoms with Gasteiger partial charge in [-0.05, 0) is 37.6 Å². The highest BCUT2D eigenvalue weighted by Crippen LogP contribution is 2.19. The van der Waals surface area contributed by atoms with Crippen LogP contribution in [0.1, 0.15) is 29.6 Å². The van der Waals surface area contributed by atoms with E-state index in [2.05, 4.69) is 10.2 Å². The minimum atomic E-state index is -0.119. The second-order valence-electron chi connectivity index (χ2n) is 5.53. The van der Waals surface area contributed by atoms with Crippen LogP contribution in [-0.4, -0.2) is 34.1 Å². The number of hydrogen-bond donors (Lipinski definition) is 1. The van der Waals surface area contributed by atoms with E-state index < -0.39 is 0 Å². The molecule has 1 unspecified atom stereocenters. The van der Waals surface area contributed by atoms with E-state index in [0.717, 1.165) is 18.6 Å². The number of furan rings is 2. The maximum atomic E-state index is 12.5. The third-order valence-electron chi connectivity index (χ3n) is 3.95. The van der Waals surface area contributed by atoms with Crippen LogP contribution in [0.5, 0.6) is 0 Å². The fourth-order valence-electron chi connectivity index (χ4n) is 2.37. The van der Waals surface area contributed by atoms with Crippen molar-refractivity contribution in [2.24, 2.45) is 0 Å². The molecule has 3 heterocycles. The molecule has 0 spiro atoms. The van der Waals surface area contributed by atoms with Crippen LogP contribution in [0.2, 0.25) is 0 Å². The molecule has 1 atom stereocenters. The van der Waals surface area contributed by atoms with Gasteiger partial charge in [0.1, 0.15) is 11.5 Å². The number of hydrogen-bond acceptors (Lipinski definition) is 4. The van der Waals surface area contributed by atoms with Gasteiger partial charge in [0.25, 0.3) is 5.91 Å². The molecular formula is C17H19N3O3. The number of nitrogens with one attached hydrogen (secondary N) is 1. The van der Waals surface area contributed by atoms with E-state index in [4.69, 9.17) is 8.83 Å². The number of nitrogens with zero attached hydrogens (tertiary/aromatic N) is 2. The lowest BCUT2D eigenvalue weighted by Crippen LogP contribution is -2.35. The molecule has 0 saturated heterocycles. The van der Waals surface area contributed by atoms with Gasteiger partial charge in [0.15, 0.2) is 11.5 Å². The van der Waals surface area contributed by atoms with Crippen molar-refractivity contribution < 1.29 is 13.6 Å². The van der Waals surface area contributed by atoms with Gasteiger partial charge in [0.2, 0.25) is 0 Å². The Morgan fingerprint density at radius 1 is 1.30 bits per heavy atom. The quantitative estimate of drug-likeness (QED) is 0.757. The summed E-state index contributed by atoms with van der Waals surface area (Å²) in [5.41, 5.74) is 1.07. The maximum Gasteiger partial charge on any atom is 0.274 e. The Hall–Kier alpha value is -2.76. The summed E-state index contributed by atoms with van der Waals surface area (Å²) in [4.78, 5) is 14.2. The third-order valence-corrected chi connectivity index (χ3v) is 3.95. The number of aryl methyl sites for hydroxylation is 1. The van der Waals surface area contributed by atoms with Crippen LogP contribution in [0.3, 0.4) is 0 Å². The molecule has 0 fully saturated rings. The first kappa shape index (κ1) is 15.1. The topological polar surface area (TPSA) is 75.3 Å². The Kier molecular flexibility index (Phi) is 4.32. The van der Waals surface area contributed by atoms with E-state index >= 15 is 0 Å². The largest absolute Gasteiger partial charge is 0.469 e. The van der Waals surface area contributed by atoms with Crippen LogP contribution in [0.4, 0.5) is 0 Å². The fourth-order valence-corrected chi connectivity index (χ4v) is 2.37. The minimum Gasteiger partial charge on any atom is -0.469 e. The summed E-state index contributed by atoms with van der Waals surface area (Å²) in [6.07, 6.45) is 4.87. The summed E-state index contributed by atoms with van der Waals surface area (Å²) in [6, 6.07) is 9.21. The zero-order chi connectivity index (χ0) is 16.2. The first-order valence-corrected chi connectivity index (χ1v) is 7.54. The van der Waals surface area contributed by atoms with Gasteiger partial charge in [-0.3, -0.25) is 9.89 Å². The molecule has 3 rings (SSSR count). The molecule has 3 aromatic heterocycles. The van der Waals surface area contributed by atoms with Crippen molar-refractivity contribution in [3.8, 4) is 11.5 Å². The van der Waals surface area contributed by atoms with E-state index in [1.54, 1.807) is 36.6 Å². The van der Waals surface area contributed by atoms with Gasteiger partial charge in [-0.2, -0.15) is 5.10 Å². The Morgan fingerprint density at radius 3 is 2.78 bits per heavy atom. The molecule has 0 saturated carbocycles.